The minimum absolute atomic E-state index is 0.338. The van der Waals surface area contributed by atoms with Gasteiger partial charge in [0, 0.05) is 32.4 Å². The molecule has 6 heteroatoms. The first-order valence-corrected chi connectivity index (χ1v) is 6.64. The maximum absolute atomic E-state index is 6.12. The van der Waals surface area contributed by atoms with Crippen LogP contribution in [0.3, 0.4) is 0 Å². The van der Waals surface area contributed by atoms with Gasteiger partial charge in [0.05, 0.1) is 11.4 Å². The summed E-state index contributed by atoms with van der Waals surface area (Å²) < 4.78 is 1.82. The summed E-state index contributed by atoms with van der Waals surface area (Å²) in [5.74, 6) is 2.26. The van der Waals surface area contributed by atoms with Crippen LogP contribution < -0.4 is 11.1 Å². The van der Waals surface area contributed by atoms with Crippen molar-refractivity contribution in [2.45, 2.75) is 32.6 Å². The van der Waals surface area contributed by atoms with Gasteiger partial charge in [0.25, 0.3) is 0 Å². The molecule has 2 aromatic heterocycles. The molecule has 19 heavy (non-hydrogen) atoms. The molecule has 0 aliphatic heterocycles. The van der Waals surface area contributed by atoms with Crippen molar-refractivity contribution < 1.29 is 0 Å². The fourth-order valence-corrected chi connectivity index (χ4v) is 2.09. The predicted molar refractivity (Wildman–Crippen MR) is 77.1 cm³/mol. The summed E-state index contributed by atoms with van der Waals surface area (Å²) in [6.07, 6.45) is 5.54. The first kappa shape index (κ1) is 13.5. The van der Waals surface area contributed by atoms with Crippen LogP contribution in [0.1, 0.15) is 37.7 Å². The lowest BCUT2D eigenvalue weighted by atomic mass is 10.1. The highest BCUT2D eigenvalue weighted by Gasteiger charge is 2.15. The van der Waals surface area contributed by atoms with Crippen LogP contribution in [0.2, 0.25) is 0 Å². The molecule has 0 fully saturated rings. The third-order valence-electron chi connectivity index (χ3n) is 3.10. The van der Waals surface area contributed by atoms with Gasteiger partial charge >= 0.3 is 0 Å². The van der Waals surface area contributed by atoms with Gasteiger partial charge in [-0.25, -0.2) is 4.98 Å². The average molecular weight is 262 g/mol. The monoisotopic (exact) mass is 262 g/mol. The van der Waals surface area contributed by atoms with Gasteiger partial charge in [-0.3, -0.25) is 4.68 Å². The third-order valence-corrected chi connectivity index (χ3v) is 3.10. The van der Waals surface area contributed by atoms with Crippen LogP contribution in [0.25, 0.3) is 0 Å². The summed E-state index contributed by atoms with van der Waals surface area (Å²) in [6, 6.07) is 0. The van der Waals surface area contributed by atoms with E-state index < -0.39 is 0 Å². The van der Waals surface area contributed by atoms with Crippen LogP contribution in [0.5, 0.6) is 0 Å². The number of nitrogens with one attached hydrogen (secondary N) is 2. The molecule has 0 radical (unpaired) electrons. The number of anilines is 2. The topological polar surface area (TPSA) is 84.5 Å². The van der Waals surface area contributed by atoms with Crippen LogP contribution in [-0.2, 0) is 13.5 Å². The summed E-state index contributed by atoms with van der Waals surface area (Å²) in [7, 11) is 1.91. The lowest BCUT2D eigenvalue weighted by Gasteiger charge is -2.07. The van der Waals surface area contributed by atoms with Crippen molar-refractivity contribution >= 4 is 11.5 Å². The lowest BCUT2D eigenvalue weighted by molar-refractivity contribution is 0.711. The highest BCUT2D eigenvalue weighted by molar-refractivity contribution is 5.65. The first-order valence-electron chi connectivity index (χ1n) is 6.64. The zero-order valence-electron chi connectivity index (χ0n) is 11.8. The van der Waals surface area contributed by atoms with E-state index in [9.17, 15) is 0 Å². The number of aromatic nitrogens is 4. The van der Waals surface area contributed by atoms with Crippen molar-refractivity contribution in [1.82, 2.24) is 19.7 Å². The number of H-pyrrole nitrogens is 1. The normalized spacial score (nSPS) is 11.2. The average Bonchev–Trinajstić information content (AvgIpc) is 2.96. The molecule has 0 atom stereocenters. The molecule has 0 bridgehead atoms. The molecule has 4 N–H and O–H groups in total. The fraction of sp³-hybridized carbons (Fsp3) is 0.538. The molecule has 0 spiro atoms. The Morgan fingerprint density at radius 2 is 2.26 bits per heavy atom. The van der Waals surface area contributed by atoms with E-state index in [-0.39, 0.29) is 0 Å². The van der Waals surface area contributed by atoms with Gasteiger partial charge < -0.3 is 16.0 Å². The van der Waals surface area contributed by atoms with Crippen molar-refractivity contribution in [2.75, 3.05) is 17.6 Å². The number of rotatable bonds is 6. The summed E-state index contributed by atoms with van der Waals surface area (Å²) >= 11 is 0. The van der Waals surface area contributed by atoms with Crippen molar-refractivity contribution in [1.29, 1.82) is 0 Å². The van der Waals surface area contributed by atoms with Gasteiger partial charge in [-0.15, -0.1) is 0 Å². The van der Waals surface area contributed by atoms with Gasteiger partial charge in [-0.2, -0.15) is 5.10 Å². The van der Waals surface area contributed by atoms with E-state index in [2.05, 4.69) is 34.2 Å². The van der Waals surface area contributed by atoms with Gasteiger partial charge in [0.2, 0.25) is 0 Å². The largest absolute Gasteiger partial charge is 0.394 e. The van der Waals surface area contributed by atoms with Crippen LogP contribution >= 0.6 is 0 Å². The zero-order chi connectivity index (χ0) is 13.8. The fourth-order valence-electron chi connectivity index (χ4n) is 2.09. The summed E-state index contributed by atoms with van der Waals surface area (Å²) in [6.45, 7) is 5.04. The van der Waals surface area contributed by atoms with E-state index >= 15 is 0 Å². The smallest absolute Gasteiger partial charge is 0.147 e. The van der Waals surface area contributed by atoms with Gasteiger partial charge in [0.1, 0.15) is 11.6 Å². The molecule has 6 nitrogen and oxygen atoms in total. The Bertz CT molecular complexity index is 511. The number of aryl methyl sites for hydroxylation is 2. The Morgan fingerprint density at radius 3 is 2.84 bits per heavy atom. The molecule has 2 heterocycles. The molecule has 2 rings (SSSR count). The van der Waals surface area contributed by atoms with E-state index in [1.807, 2.05) is 17.9 Å². The molecule has 104 valence electrons. The highest BCUT2D eigenvalue weighted by atomic mass is 15.3. The molecule has 0 aliphatic carbocycles. The van der Waals surface area contributed by atoms with Crippen LogP contribution in [0.15, 0.2) is 12.4 Å². The first-order chi connectivity index (χ1) is 9.09. The van der Waals surface area contributed by atoms with Crippen molar-refractivity contribution in [2.24, 2.45) is 7.05 Å². The van der Waals surface area contributed by atoms with E-state index in [0.29, 0.717) is 5.92 Å². The highest BCUT2D eigenvalue weighted by Crippen LogP contribution is 2.27. The molecular weight excluding hydrogens is 240 g/mol. The molecule has 0 amide bonds. The Balaban J connectivity index is 1.89. The number of aromatic amines is 1. The van der Waals surface area contributed by atoms with Gasteiger partial charge in [-0.1, -0.05) is 13.8 Å². The minimum Gasteiger partial charge on any atom is -0.394 e. The van der Waals surface area contributed by atoms with Crippen molar-refractivity contribution in [3.05, 3.63) is 23.9 Å². The van der Waals surface area contributed by atoms with Crippen molar-refractivity contribution in [3.63, 3.8) is 0 Å². The van der Waals surface area contributed by atoms with Crippen LogP contribution in [0.4, 0.5) is 11.5 Å². The number of hydrogen-bond donors (Lipinski definition) is 3. The number of nitrogens with zero attached hydrogens (tertiary/aromatic N) is 3. The number of nitrogens with two attached hydrogens (primary N) is 1. The van der Waals surface area contributed by atoms with E-state index in [1.54, 1.807) is 6.20 Å². The summed E-state index contributed by atoms with van der Waals surface area (Å²) in [4.78, 5) is 7.29. The standard InChI is InChI=1S/C13H22N6/c1-9(2)12-11(14)13(19(3)18-12)17-6-4-5-10-15-7-8-16-10/h7-9,17H,4-6,14H2,1-3H3,(H,15,16). The predicted octanol–water partition coefficient (Wildman–Crippen LogP) is 1.89. The van der Waals surface area contributed by atoms with Gasteiger partial charge in [0.15, 0.2) is 0 Å². The molecule has 2 aromatic rings. The third kappa shape index (κ3) is 3.07. The maximum Gasteiger partial charge on any atom is 0.147 e. The SMILES string of the molecule is CC(C)c1nn(C)c(NCCCc2ncc[nH]2)c1N. The van der Waals surface area contributed by atoms with Crippen molar-refractivity contribution in [3.8, 4) is 0 Å². The van der Waals surface area contributed by atoms with E-state index in [4.69, 9.17) is 5.73 Å². The Kier molecular flexibility index (Phi) is 4.09. The lowest BCUT2D eigenvalue weighted by Crippen LogP contribution is -2.09. The number of imidazole rings is 1. The second-order valence-corrected chi connectivity index (χ2v) is 4.99. The van der Waals surface area contributed by atoms with E-state index in [0.717, 1.165) is 42.4 Å². The quantitative estimate of drug-likeness (QED) is 0.694. The number of hydrogen-bond acceptors (Lipinski definition) is 4. The van der Waals surface area contributed by atoms with Crippen LogP contribution in [0, 0.1) is 0 Å². The van der Waals surface area contributed by atoms with Crippen LogP contribution in [-0.4, -0.2) is 26.3 Å². The molecule has 0 saturated heterocycles. The number of nitrogen functional groups attached to an aromatic ring is 1. The molecule has 0 saturated carbocycles. The Hall–Kier alpha value is -1.98. The zero-order valence-corrected chi connectivity index (χ0v) is 11.8. The Morgan fingerprint density at radius 1 is 1.47 bits per heavy atom. The summed E-state index contributed by atoms with van der Waals surface area (Å²) in [5, 5.41) is 7.80. The Labute approximate surface area is 113 Å². The molecule has 0 aliphatic rings. The molecular formula is C13H22N6. The molecule has 0 unspecified atom stereocenters. The minimum atomic E-state index is 0.338. The molecule has 0 aromatic carbocycles. The summed E-state index contributed by atoms with van der Waals surface area (Å²) in [5.41, 5.74) is 7.83. The second kappa shape index (κ2) is 5.77. The second-order valence-electron chi connectivity index (χ2n) is 4.99. The van der Waals surface area contributed by atoms with E-state index in [1.165, 1.54) is 0 Å². The maximum atomic E-state index is 6.12. The van der Waals surface area contributed by atoms with Gasteiger partial charge in [-0.05, 0) is 12.3 Å².